The van der Waals surface area contributed by atoms with Crippen LogP contribution in [-0.2, 0) is 5.75 Å². The van der Waals surface area contributed by atoms with Gasteiger partial charge in [-0.05, 0) is 44.2 Å². The number of rotatable bonds is 4. The van der Waals surface area contributed by atoms with Gasteiger partial charge in [-0.3, -0.25) is 4.40 Å². The molecule has 0 unspecified atom stereocenters. The van der Waals surface area contributed by atoms with Crippen molar-refractivity contribution < 1.29 is 4.42 Å². The first kappa shape index (κ1) is 16.1. The minimum atomic E-state index is 0.474. The highest BCUT2D eigenvalue weighted by atomic mass is 35.5. The highest BCUT2D eigenvalue weighted by molar-refractivity contribution is 7.98. The van der Waals surface area contributed by atoms with Gasteiger partial charge in [0.25, 0.3) is 5.22 Å². The van der Waals surface area contributed by atoms with E-state index < -0.39 is 0 Å². The zero-order valence-electron chi connectivity index (χ0n) is 13.6. The second kappa shape index (κ2) is 6.50. The van der Waals surface area contributed by atoms with E-state index in [2.05, 4.69) is 20.2 Å². The van der Waals surface area contributed by atoms with Gasteiger partial charge < -0.3 is 4.42 Å². The Hall–Kier alpha value is -2.38. The second-order valence-electron chi connectivity index (χ2n) is 5.61. The fourth-order valence-electron chi connectivity index (χ4n) is 2.50. The summed E-state index contributed by atoms with van der Waals surface area (Å²) in [4.78, 5) is 8.99. The minimum Gasteiger partial charge on any atom is -0.411 e. The molecule has 0 bridgehead atoms. The van der Waals surface area contributed by atoms with E-state index in [0.29, 0.717) is 27.7 Å². The number of benzene rings is 1. The van der Waals surface area contributed by atoms with E-state index in [-0.39, 0.29) is 0 Å². The first-order chi connectivity index (χ1) is 12.1. The summed E-state index contributed by atoms with van der Waals surface area (Å²) in [7, 11) is 0. The van der Waals surface area contributed by atoms with Crippen molar-refractivity contribution in [3.05, 3.63) is 58.6 Å². The third-order valence-electron chi connectivity index (χ3n) is 3.65. The van der Waals surface area contributed by atoms with Crippen LogP contribution in [0.2, 0.25) is 5.02 Å². The molecule has 3 aromatic heterocycles. The van der Waals surface area contributed by atoms with Crippen LogP contribution in [0.15, 0.2) is 46.2 Å². The first-order valence-corrected chi connectivity index (χ1v) is 8.99. The molecule has 126 valence electrons. The Morgan fingerprint density at radius 1 is 1.12 bits per heavy atom. The molecule has 0 atom stereocenters. The van der Waals surface area contributed by atoms with Gasteiger partial charge in [0.15, 0.2) is 0 Å². The van der Waals surface area contributed by atoms with Crippen LogP contribution in [0.5, 0.6) is 0 Å². The summed E-state index contributed by atoms with van der Waals surface area (Å²) in [5.41, 5.74) is 3.82. The highest BCUT2D eigenvalue weighted by Crippen LogP contribution is 2.26. The van der Waals surface area contributed by atoms with Crippen LogP contribution in [0.4, 0.5) is 0 Å². The number of aromatic nitrogens is 5. The molecule has 0 N–H and O–H groups in total. The molecule has 0 spiro atoms. The van der Waals surface area contributed by atoms with E-state index in [1.165, 1.54) is 11.8 Å². The van der Waals surface area contributed by atoms with Gasteiger partial charge in [0.05, 0.1) is 5.69 Å². The number of thioether (sulfide) groups is 1. The average Bonchev–Trinajstić information content (AvgIpc) is 3.20. The zero-order valence-corrected chi connectivity index (χ0v) is 15.2. The van der Waals surface area contributed by atoms with Gasteiger partial charge in [-0.25, -0.2) is 9.97 Å². The Bertz CT molecular complexity index is 1040. The Balaban J connectivity index is 1.50. The number of hydrogen-bond acceptors (Lipinski definition) is 6. The molecule has 6 nitrogen and oxygen atoms in total. The van der Waals surface area contributed by atoms with E-state index >= 15 is 0 Å². The van der Waals surface area contributed by atoms with E-state index in [0.717, 1.165) is 22.6 Å². The van der Waals surface area contributed by atoms with Crippen molar-refractivity contribution in [2.75, 3.05) is 0 Å². The maximum absolute atomic E-state index is 5.89. The van der Waals surface area contributed by atoms with E-state index in [1.54, 1.807) is 12.1 Å². The van der Waals surface area contributed by atoms with E-state index in [1.807, 2.05) is 42.6 Å². The van der Waals surface area contributed by atoms with Crippen LogP contribution in [-0.4, -0.2) is 24.6 Å². The third-order valence-corrected chi connectivity index (χ3v) is 4.76. The molecular formula is C17H14ClN5OS. The van der Waals surface area contributed by atoms with Crippen LogP contribution in [0.25, 0.3) is 17.2 Å². The summed E-state index contributed by atoms with van der Waals surface area (Å²) in [6.45, 7) is 4.00. The number of hydrogen-bond donors (Lipinski definition) is 0. The SMILES string of the molecule is Cc1cc(C)n2cc(CSc3nnc(-c4ccc(Cl)cc4)o3)nc2n1. The van der Waals surface area contributed by atoms with E-state index in [4.69, 9.17) is 16.0 Å². The Labute approximate surface area is 153 Å². The Morgan fingerprint density at radius 2 is 1.92 bits per heavy atom. The summed E-state index contributed by atoms with van der Waals surface area (Å²) in [5, 5.41) is 9.33. The van der Waals surface area contributed by atoms with Crippen LogP contribution in [0.3, 0.4) is 0 Å². The minimum absolute atomic E-state index is 0.474. The quantitative estimate of drug-likeness (QED) is 0.497. The van der Waals surface area contributed by atoms with Crippen molar-refractivity contribution in [3.8, 4) is 11.5 Å². The van der Waals surface area contributed by atoms with Crippen LogP contribution < -0.4 is 0 Å². The molecule has 8 heteroatoms. The summed E-state index contributed by atoms with van der Waals surface area (Å²) < 4.78 is 7.68. The van der Waals surface area contributed by atoms with Crippen molar-refractivity contribution >= 4 is 29.1 Å². The molecular weight excluding hydrogens is 358 g/mol. The van der Waals surface area contributed by atoms with Gasteiger partial charge in [-0.1, -0.05) is 23.4 Å². The van der Waals surface area contributed by atoms with Gasteiger partial charge in [0.1, 0.15) is 0 Å². The molecule has 0 radical (unpaired) electrons. The van der Waals surface area contributed by atoms with E-state index in [9.17, 15) is 0 Å². The standard InChI is InChI=1S/C17H14ClN5OS/c1-10-7-11(2)23-8-14(20-16(23)19-10)9-25-17-22-21-15(24-17)12-3-5-13(18)6-4-12/h3-8H,9H2,1-2H3. The normalized spacial score (nSPS) is 11.3. The number of fused-ring (bicyclic) bond motifs is 1. The second-order valence-corrected chi connectivity index (χ2v) is 6.97. The number of aryl methyl sites for hydroxylation is 2. The Kier molecular flexibility index (Phi) is 4.19. The third kappa shape index (κ3) is 3.38. The topological polar surface area (TPSA) is 69.1 Å². The largest absolute Gasteiger partial charge is 0.411 e. The summed E-state index contributed by atoms with van der Waals surface area (Å²) in [6.07, 6.45) is 1.99. The van der Waals surface area contributed by atoms with Crippen molar-refractivity contribution in [2.24, 2.45) is 0 Å². The molecule has 25 heavy (non-hydrogen) atoms. The lowest BCUT2D eigenvalue weighted by Crippen LogP contribution is -1.94. The smallest absolute Gasteiger partial charge is 0.277 e. The van der Waals surface area contributed by atoms with Crippen molar-refractivity contribution in [1.29, 1.82) is 0 Å². The van der Waals surface area contributed by atoms with Crippen LogP contribution >= 0.6 is 23.4 Å². The Morgan fingerprint density at radius 3 is 2.72 bits per heavy atom. The maximum Gasteiger partial charge on any atom is 0.277 e. The summed E-state index contributed by atoms with van der Waals surface area (Å²) in [6, 6.07) is 9.32. The van der Waals surface area contributed by atoms with Crippen molar-refractivity contribution in [2.45, 2.75) is 24.8 Å². The molecule has 0 saturated heterocycles. The fraction of sp³-hybridized carbons (Fsp3) is 0.176. The fourth-order valence-corrected chi connectivity index (χ4v) is 3.27. The molecule has 4 aromatic rings. The van der Waals surface area contributed by atoms with Gasteiger partial charge in [0, 0.05) is 33.9 Å². The molecule has 0 aliphatic heterocycles. The molecule has 0 aliphatic carbocycles. The molecule has 0 amide bonds. The molecule has 0 fully saturated rings. The monoisotopic (exact) mass is 371 g/mol. The molecule has 1 aromatic carbocycles. The zero-order chi connectivity index (χ0) is 17.4. The van der Waals surface area contributed by atoms with Gasteiger partial charge in [-0.15, -0.1) is 10.2 Å². The highest BCUT2D eigenvalue weighted by Gasteiger charge is 2.11. The average molecular weight is 372 g/mol. The van der Waals surface area contributed by atoms with Crippen molar-refractivity contribution in [1.82, 2.24) is 24.6 Å². The lowest BCUT2D eigenvalue weighted by Gasteiger charge is -1.98. The van der Waals surface area contributed by atoms with Gasteiger partial charge in [0.2, 0.25) is 11.7 Å². The van der Waals surface area contributed by atoms with Crippen LogP contribution in [0, 0.1) is 13.8 Å². The predicted octanol–water partition coefficient (Wildman–Crippen LogP) is 4.34. The lowest BCUT2D eigenvalue weighted by molar-refractivity contribution is 0.466. The molecule has 4 rings (SSSR count). The maximum atomic E-state index is 5.89. The molecule has 3 heterocycles. The van der Waals surface area contributed by atoms with Crippen LogP contribution in [0.1, 0.15) is 17.1 Å². The number of halogens is 1. The number of nitrogens with zero attached hydrogens (tertiary/aromatic N) is 5. The first-order valence-electron chi connectivity index (χ1n) is 7.63. The molecule has 0 aliphatic rings. The lowest BCUT2D eigenvalue weighted by atomic mass is 10.2. The van der Waals surface area contributed by atoms with Gasteiger partial charge in [-0.2, -0.15) is 0 Å². The summed E-state index contributed by atoms with van der Waals surface area (Å²) >= 11 is 7.34. The van der Waals surface area contributed by atoms with Gasteiger partial charge >= 0.3 is 0 Å². The molecule has 0 saturated carbocycles. The van der Waals surface area contributed by atoms with Crippen molar-refractivity contribution in [3.63, 3.8) is 0 Å². The predicted molar refractivity (Wildman–Crippen MR) is 96.8 cm³/mol. The number of imidazole rings is 1. The summed E-state index contributed by atoms with van der Waals surface area (Å²) in [5.74, 6) is 1.81.